The normalized spacial score (nSPS) is 11.0. The Morgan fingerprint density at radius 2 is 1.80 bits per heavy atom. The standard InChI is InChI=1S/C17H9F2N3OS2/c18-10-6-12-13(7-11(10)19)25-17(21-12)22-15(23)14-8-20-16(24-14)9-4-2-1-3-5-9/h1-8H,(H,21,22,23). The summed E-state index contributed by atoms with van der Waals surface area (Å²) in [5.74, 6) is -2.27. The van der Waals surface area contributed by atoms with E-state index in [0.29, 0.717) is 15.1 Å². The van der Waals surface area contributed by atoms with Crippen LogP contribution in [-0.2, 0) is 0 Å². The van der Waals surface area contributed by atoms with E-state index in [1.807, 2.05) is 30.3 Å². The zero-order valence-corrected chi connectivity index (χ0v) is 14.1. The van der Waals surface area contributed by atoms with E-state index >= 15 is 0 Å². The number of halogens is 2. The summed E-state index contributed by atoms with van der Waals surface area (Å²) in [5.41, 5.74) is 1.23. The molecule has 0 saturated carbocycles. The third-order valence-corrected chi connectivity index (χ3v) is 5.38. The van der Waals surface area contributed by atoms with Gasteiger partial charge in [0.1, 0.15) is 9.88 Å². The highest BCUT2D eigenvalue weighted by atomic mass is 32.1. The minimum absolute atomic E-state index is 0.277. The zero-order chi connectivity index (χ0) is 17.4. The number of amides is 1. The number of anilines is 1. The van der Waals surface area contributed by atoms with Gasteiger partial charge in [0.15, 0.2) is 16.8 Å². The molecule has 0 fully saturated rings. The summed E-state index contributed by atoms with van der Waals surface area (Å²) in [4.78, 5) is 21.1. The molecule has 0 aliphatic carbocycles. The first-order chi connectivity index (χ1) is 12.1. The van der Waals surface area contributed by atoms with Gasteiger partial charge in [-0.05, 0) is 6.07 Å². The molecule has 1 N–H and O–H groups in total. The molecule has 124 valence electrons. The summed E-state index contributed by atoms with van der Waals surface area (Å²) in [6.45, 7) is 0. The average molecular weight is 373 g/mol. The first-order valence-electron chi connectivity index (χ1n) is 7.18. The molecular weight excluding hydrogens is 364 g/mol. The van der Waals surface area contributed by atoms with Crippen LogP contribution >= 0.6 is 22.7 Å². The van der Waals surface area contributed by atoms with Crippen LogP contribution in [0.1, 0.15) is 9.67 Å². The van der Waals surface area contributed by atoms with Crippen LogP contribution in [0.4, 0.5) is 13.9 Å². The Hall–Kier alpha value is -2.71. The van der Waals surface area contributed by atoms with Gasteiger partial charge in [0, 0.05) is 11.6 Å². The Labute approximate surface area is 148 Å². The van der Waals surface area contributed by atoms with Crippen LogP contribution in [0.2, 0.25) is 0 Å². The summed E-state index contributed by atoms with van der Waals surface area (Å²) in [6, 6.07) is 11.6. The number of nitrogens with zero attached hydrogens (tertiary/aromatic N) is 2. The summed E-state index contributed by atoms with van der Waals surface area (Å²) in [7, 11) is 0. The minimum Gasteiger partial charge on any atom is -0.297 e. The van der Waals surface area contributed by atoms with Gasteiger partial charge >= 0.3 is 0 Å². The van der Waals surface area contributed by atoms with Gasteiger partial charge < -0.3 is 0 Å². The fourth-order valence-electron chi connectivity index (χ4n) is 2.23. The Bertz CT molecular complexity index is 1040. The first-order valence-corrected chi connectivity index (χ1v) is 8.81. The maximum Gasteiger partial charge on any atom is 0.269 e. The lowest BCUT2D eigenvalue weighted by Gasteiger charge is -1.97. The molecule has 8 heteroatoms. The van der Waals surface area contributed by atoms with E-state index in [4.69, 9.17) is 0 Å². The summed E-state index contributed by atoms with van der Waals surface area (Å²) in [6.07, 6.45) is 1.50. The average Bonchev–Trinajstić information content (AvgIpc) is 3.23. The molecule has 0 atom stereocenters. The molecule has 0 saturated heterocycles. The Kier molecular flexibility index (Phi) is 3.98. The lowest BCUT2D eigenvalue weighted by Crippen LogP contribution is -2.09. The lowest BCUT2D eigenvalue weighted by molar-refractivity contribution is 0.103. The second-order valence-corrected chi connectivity index (χ2v) is 7.16. The molecule has 2 aromatic carbocycles. The minimum atomic E-state index is -0.967. The number of aromatic nitrogens is 2. The summed E-state index contributed by atoms with van der Waals surface area (Å²) >= 11 is 2.34. The number of carbonyl (C=O) groups is 1. The molecular formula is C17H9F2N3OS2. The maximum absolute atomic E-state index is 13.3. The van der Waals surface area contributed by atoms with Gasteiger partial charge in [-0.3, -0.25) is 10.1 Å². The van der Waals surface area contributed by atoms with E-state index in [1.54, 1.807) is 0 Å². The quantitative estimate of drug-likeness (QED) is 0.553. The molecule has 0 aliphatic rings. The predicted octanol–water partition coefficient (Wildman–Crippen LogP) is 4.95. The van der Waals surface area contributed by atoms with Gasteiger partial charge in [-0.15, -0.1) is 11.3 Å². The van der Waals surface area contributed by atoms with E-state index in [-0.39, 0.29) is 11.0 Å². The van der Waals surface area contributed by atoms with Crippen molar-refractivity contribution in [1.29, 1.82) is 0 Å². The molecule has 25 heavy (non-hydrogen) atoms. The van der Waals surface area contributed by atoms with Crippen molar-refractivity contribution in [3.63, 3.8) is 0 Å². The van der Waals surface area contributed by atoms with Crippen molar-refractivity contribution in [1.82, 2.24) is 9.97 Å². The van der Waals surface area contributed by atoms with E-state index in [1.165, 1.54) is 17.5 Å². The summed E-state index contributed by atoms with van der Waals surface area (Å²) < 4.78 is 27.0. The predicted molar refractivity (Wildman–Crippen MR) is 95.0 cm³/mol. The third-order valence-electron chi connectivity index (χ3n) is 3.40. The Morgan fingerprint density at radius 1 is 1.04 bits per heavy atom. The van der Waals surface area contributed by atoms with Crippen LogP contribution in [0.15, 0.2) is 48.7 Å². The topological polar surface area (TPSA) is 54.9 Å². The zero-order valence-electron chi connectivity index (χ0n) is 12.5. The van der Waals surface area contributed by atoms with Crippen LogP contribution in [-0.4, -0.2) is 15.9 Å². The highest BCUT2D eigenvalue weighted by Crippen LogP contribution is 2.29. The van der Waals surface area contributed by atoms with Gasteiger partial charge in [-0.1, -0.05) is 41.7 Å². The van der Waals surface area contributed by atoms with E-state index in [9.17, 15) is 13.6 Å². The van der Waals surface area contributed by atoms with Crippen molar-refractivity contribution < 1.29 is 13.6 Å². The maximum atomic E-state index is 13.3. The molecule has 0 aliphatic heterocycles. The van der Waals surface area contributed by atoms with Crippen molar-refractivity contribution in [2.24, 2.45) is 0 Å². The van der Waals surface area contributed by atoms with Crippen LogP contribution < -0.4 is 5.32 Å². The smallest absolute Gasteiger partial charge is 0.269 e. The molecule has 4 nitrogen and oxygen atoms in total. The van der Waals surface area contributed by atoms with Gasteiger partial charge in [0.2, 0.25) is 0 Å². The number of fused-ring (bicyclic) bond motifs is 1. The molecule has 4 aromatic rings. The van der Waals surface area contributed by atoms with Gasteiger partial charge in [-0.25, -0.2) is 18.7 Å². The van der Waals surface area contributed by atoms with E-state index < -0.39 is 11.6 Å². The number of thiazole rings is 2. The number of rotatable bonds is 3. The number of carbonyl (C=O) groups excluding carboxylic acids is 1. The van der Waals surface area contributed by atoms with E-state index in [0.717, 1.165) is 34.0 Å². The van der Waals surface area contributed by atoms with Crippen LogP contribution in [0, 0.1) is 11.6 Å². The summed E-state index contributed by atoms with van der Waals surface area (Å²) in [5, 5.41) is 3.66. The second-order valence-electron chi connectivity index (χ2n) is 5.10. The van der Waals surface area contributed by atoms with Gasteiger partial charge in [-0.2, -0.15) is 0 Å². The van der Waals surface area contributed by atoms with E-state index in [2.05, 4.69) is 15.3 Å². The largest absolute Gasteiger partial charge is 0.297 e. The highest BCUT2D eigenvalue weighted by Gasteiger charge is 2.15. The van der Waals surface area contributed by atoms with Crippen molar-refractivity contribution in [2.75, 3.05) is 5.32 Å². The van der Waals surface area contributed by atoms with Gasteiger partial charge in [0.25, 0.3) is 5.91 Å². The molecule has 4 rings (SSSR count). The Morgan fingerprint density at radius 3 is 2.60 bits per heavy atom. The first kappa shape index (κ1) is 15.8. The molecule has 0 unspecified atom stereocenters. The number of benzene rings is 2. The Balaban J connectivity index is 1.57. The van der Waals surface area contributed by atoms with Crippen molar-refractivity contribution in [3.05, 3.63) is 65.2 Å². The lowest BCUT2D eigenvalue weighted by atomic mass is 10.2. The highest BCUT2D eigenvalue weighted by molar-refractivity contribution is 7.22. The molecule has 1 amide bonds. The molecule has 0 radical (unpaired) electrons. The van der Waals surface area contributed by atoms with Crippen LogP contribution in [0.5, 0.6) is 0 Å². The molecule has 0 spiro atoms. The van der Waals surface area contributed by atoms with Crippen LogP contribution in [0.25, 0.3) is 20.8 Å². The number of hydrogen-bond acceptors (Lipinski definition) is 5. The third kappa shape index (κ3) is 3.13. The second kappa shape index (κ2) is 6.30. The SMILES string of the molecule is O=C(Nc1nc2cc(F)c(F)cc2s1)c1cnc(-c2ccccc2)s1. The van der Waals surface area contributed by atoms with Crippen molar-refractivity contribution in [3.8, 4) is 10.6 Å². The van der Waals surface area contributed by atoms with Gasteiger partial charge in [0.05, 0.1) is 16.4 Å². The van der Waals surface area contributed by atoms with Crippen LogP contribution in [0.3, 0.4) is 0 Å². The fraction of sp³-hybridized carbons (Fsp3) is 0. The molecule has 2 heterocycles. The molecule has 2 aromatic heterocycles. The fourth-order valence-corrected chi connectivity index (χ4v) is 3.91. The monoisotopic (exact) mass is 373 g/mol. The number of hydrogen-bond donors (Lipinski definition) is 1. The van der Waals surface area contributed by atoms with Crippen molar-refractivity contribution >= 4 is 43.9 Å². The number of nitrogens with one attached hydrogen (secondary N) is 1. The van der Waals surface area contributed by atoms with Crippen molar-refractivity contribution in [2.45, 2.75) is 0 Å². The molecule has 0 bridgehead atoms.